The van der Waals surface area contributed by atoms with Crippen molar-refractivity contribution in [2.24, 2.45) is 5.92 Å². The highest BCUT2D eigenvalue weighted by molar-refractivity contribution is 4.77. The largest absolute Gasteiger partial charge is 0.375 e. The average molecular weight is 142 g/mol. The van der Waals surface area contributed by atoms with Gasteiger partial charge in [-0.3, -0.25) is 0 Å². The van der Waals surface area contributed by atoms with Gasteiger partial charge in [0, 0.05) is 0 Å². The molecule has 10 heavy (non-hydrogen) atoms. The van der Waals surface area contributed by atoms with Crippen molar-refractivity contribution < 1.29 is 4.74 Å². The Morgan fingerprint density at radius 2 is 2.00 bits per heavy atom. The second-order valence-electron chi connectivity index (χ2n) is 3.28. The van der Waals surface area contributed by atoms with Gasteiger partial charge in [0.1, 0.15) is 0 Å². The fourth-order valence-corrected chi connectivity index (χ4v) is 1.76. The maximum absolute atomic E-state index is 5.71. The molecule has 0 aromatic carbocycles. The van der Waals surface area contributed by atoms with Crippen molar-refractivity contribution in [2.75, 3.05) is 0 Å². The summed E-state index contributed by atoms with van der Waals surface area (Å²) in [6, 6.07) is 0. The molecule has 0 aliphatic carbocycles. The highest BCUT2D eigenvalue weighted by Gasteiger charge is 2.29. The lowest BCUT2D eigenvalue weighted by molar-refractivity contribution is 0.0439. The van der Waals surface area contributed by atoms with Crippen molar-refractivity contribution in [3.63, 3.8) is 0 Å². The van der Waals surface area contributed by atoms with E-state index in [9.17, 15) is 0 Å². The van der Waals surface area contributed by atoms with Gasteiger partial charge in [0.05, 0.1) is 12.2 Å². The quantitative estimate of drug-likeness (QED) is 0.576. The first-order valence-corrected chi connectivity index (χ1v) is 4.43. The summed E-state index contributed by atoms with van der Waals surface area (Å²) in [5.74, 6) is 0.824. The second-order valence-corrected chi connectivity index (χ2v) is 3.28. The van der Waals surface area contributed by atoms with Crippen LogP contribution in [0, 0.1) is 5.92 Å². The first-order valence-electron chi connectivity index (χ1n) is 4.43. The zero-order valence-corrected chi connectivity index (χ0v) is 7.26. The van der Waals surface area contributed by atoms with Gasteiger partial charge < -0.3 is 4.74 Å². The Kier molecular flexibility index (Phi) is 2.72. The summed E-state index contributed by atoms with van der Waals surface area (Å²) in [4.78, 5) is 0. The monoisotopic (exact) mass is 142 g/mol. The van der Waals surface area contributed by atoms with Gasteiger partial charge in [0.15, 0.2) is 0 Å². The van der Waals surface area contributed by atoms with E-state index in [1.807, 2.05) is 0 Å². The summed E-state index contributed by atoms with van der Waals surface area (Å²) in [7, 11) is 0. The van der Waals surface area contributed by atoms with E-state index in [1.165, 1.54) is 19.3 Å². The minimum atomic E-state index is 0.509. The summed E-state index contributed by atoms with van der Waals surface area (Å²) in [6.45, 7) is 6.65. The van der Waals surface area contributed by atoms with Crippen LogP contribution in [0.4, 0.5) is 0 Å². The van der Waals surface area contributed by atoms with E-state index < -0.39 is 0 Å². The van der Waals surface area contributed by atoms with Gasteiger partial charge in [-0.25, -0.2) is 0 Å². The summed E-state index contributed by atoms with van der Waals surface area (Å²) >= 11 is 0. The molecule has 0 bridgehead atoms. The molecule has 0 saturated carbocycles. The smallest absolute Gasteiger partial charge is 0.0579 e. The van der Waals surface area contributed by atoms with Crippen LogP contribution in [0.3, 0.4) is 0 Å². The molecule has 3 unspecified atom stereocenters. The van der Waals surface area contributed by atoms with Gasteiger partial charge in [-0.1, -0.05) is 20.3 Å². The SMILES string of the molecule is CCC1CC(CC)C(C)O1. The molecule has 1 fully saturated rings. The highest BCUT2D eigenvalue weighted by Crippen LogP contribution is 2.29. The van der Waals surface area contributed by atoms with Gasteiger partial charge in [-0.2, -0.15) is 0 Å². The maximum atomic E-state index is 5.71. The molecule has 1 heteroatoms. The normalized spacial score (nSPS) is 40.5. The van der Waals surface area contributed by atoms with E-state index >= 15 is 0 Å². The Morgan fingerprint density at radius 1 is 1.30 bits per heavy atom. The summed E-state index contributed by atoms with van der Waals surface area (Å²) < 4.78 is 5.71. The molecule has 60 valence electrons. The standard InChI is InChI=1S/C9H18O/c1-4-8-6-9(5-2)10-7(8)3/h7-9H,4-6H2,1-3H3. The van der Waals surface area contributed by atoms with Crippen LogP contribution in [0.15, 0.2) is 0 Å². The lowest BCUT2D eigenvalue weighted by Gasteiger charge is -2.09. The van der Waals surface area contributed by atoms with Gasteiger partial charge in [0.2, 0.25) is 0 Å². The Morgan fingerprint density at radius 3 is 2.30 bits per heavy atom. The fraction of sp³-hybridized carbons (Fsp3) is 1.00. The zero-order valence-electron chi connectivity index (χ0n) is 7.26. The van der Waals surface area contributed by atoms with E-state index in [4.69, 9.17) is 4.74 Å². The molecular weight excluding hydrogens is 124 g/mol. The van der Waals surface area contributed by atoms with Crippen LogP contribution in [0.1, 0.15) is 40.0 Å². The molecule has 1 aliphatic rings. The van der Waals surface area contributed by atoms with Crippen molar-refractivity contribution in [1.82, 2.24) is 0 Å². The number of hydrogen-bond donors (Lipinski definition) is 0. The molecule has 0 aromatic heterocycles. The van der Waals surface area contributed by atoms with E-state index in [-0.39, 0.29) is 0 Å². The third-order valence-corrected chi connectivity index (χ3v) is 2.62. The van der Waals surface area contributed by atoms with Crippen LogP contribution in [0.2, 0.25) is 0 Å². The van der Waals surface area contributed by atoms with Crippen LogP contribution in [-0.4, -0.2) is 12.2 Å². The number of rotatable bonds is 2. The number of ether oxygens (including phenoxy) is 1. The van der Waals surface area contributed by atoms with Crippen molar-refractivity contribution in [3.8, 4) is 0 Å². The van der Waals surface area contributed by atoms with Crippen LogP contribution in [0.25, 0.3) is 0 Å². The predicted molar refractivity (Wildman–Crippen MR) is 43.0 cm³/mol. The third-order valence-electron chi connectivity index (χ3n) is 2.62. The average Bonchev–Trinajstić information content (AvgIpc) is 2.30. The van der Waals surface area contributed by atoms with Crippen LogP contribution in [0.5, 0.6) is 0 Å². The highest BCUT2D eigenvalue weighted by atomic mass is 16.5. The molecule has 1 saturated heterocycles. The molecule has 1 aliphatic heterocycles. The molecular formula is C9H18O. The predicted octanol–water partition coefficient (Wildman–Crippen LogP) is 2.60. The van der Waals surface area contributed by atoms with Crippen molar-refractivity contribution in [2.45, 2.75) is 52.2 Å². The molecule has 3 atom stereocenters. The lowest BCUT2D eigenvalue weighted by Crippen LogP contribution is -2.09. The van der Waals surface area contributed by atoms with Crippen LogP contribution < -0.4 is 0 Å². The second kappa shape index (κ2) is 3.38. The van der Waals surface area contributed by atoms with Crippen molar-refractivity contribution >= 4 is 0 Å². The molecule has 0 aromatic rings. The minimum absolute atomic E-state index is 0.509. The Bertz CT molecular complexity index is 101. The first-order chi connectivity index (χ1) is 4.77. The molecule has 1 rings (SSSR count). The first kappa shape index (κ1) is 8.06. The fourth-order valence-electron chi connectivity index (χ4n) is 1.76. The zero-order chi connectivity index (χ0) is 7.56. The van der Waals surface area contributed by atoms with E-state index in [1.54, 1.807) is 0 Å². The maximum Gasteiger partial charge on any atom is 0.0579 e. The van der Waals surface area contributed by atoms with Gasteiger partial charge in [0.25, 0.3) is 0 Å². The molecule has 1 nitrogen and oxygen atoms in total. The summed E-state index contributed by atoms with van der Waals surface area (Å²) in [5.41, 5.74) is 0. The van der Waals surface area contributed by atoms with Crippen molar-refractivity contribution in [1.29, 1.82) is 0 Å². The lowest BCUT2D eigenvalue weighted by atomic mass is 9.97. The Hall–Kier alpha value is -0.0400. The molecule has 0 radical (unpaired) electrons. The van der Waals surface area contributed by atoms with Crippen LogP contribution in [-0.2, 0) is 4.74 Å². The minimum Gasteiger partial charge on any atom is -0.375 e. The van der Waals surface area contributed by atoms with Gasteiger partial charge in [-0.05, 0) is 25.7 Å². The Balaban J connectivity index is 2.36. The van der Waals surface area contributed by atoms with E-state index in [2.05, 4.69) is 20.8 Å². The topological polar surface area (TPSA) is 9.23 Å². The van der Waals surface area contributed by atoms with Crippen LogP contribution >= 0.6 is 0 Å². The van der Waals surface area contributed by atoms with E-state index in [0.717, 1.165) is 5.92 Å². The Labute approximate surface area is 63.8 Å². The summed E-state index contributed by atoms with van der Waals surface area (Å²) in [5, 5.41) is 0. The summed E-state index contributed by atoms with van der Waals surface area (Å²) in [6.07, 6.45) is 4.81. The molecule has 1 heterocycles. The molecule has 0 spiro atoms. The molecule has 0 amide bonds. The number of hydrogen-bond acceptors (Lipinski definition) is 1. The molecule has 0 N–H and O–H groups in total. The third kappa shape index (κ3) is 1.51. The van der Waals surface area contributed by atoms with Gasteiger partial charge in [-0.15, -0.1) is 0 Å². The van der Waals surface area contributed by atoms with Gasteiger partial charge >= 0.3 is 0 Å². The van der Waals surface area contributed by atoms with Crippen molar-refractivity contribution in [3.05, 3.63) is 0 Å². The van der Waals surface area contributed by atoms with E-state index in [0.29, 0.717) is 12.2 Å².